The Labute approximate surface area is 55.5 Å². The molecule has 48 valence electrons. The maximum Gasteiger partial charge on any atom is -0.00367 e. The highest BCUT2D eigenvalue weighted by Crippen LogP contribution is 1.96. The molecule has 0 aliphatic carbocycles. The minimum atomic E-state index is 0.740. The van der Waals surface area contributed by atoms with Gasteiger partial charge in [-0.1, -0.05) is 30.3 Å². The average molecular weight is 123 g/mol. The molecule has 1 nitrogen and oxygen atoms in total. The molecule has 0 amide bonds. The van der Waals surface area contributed by atoms with Crippen LogP contribution in [-0.2, 0) is 6.42 Å². The number of rotatable bonds is 2. The van der Waals surface area contributed by atoms with Crippen molar-refractivity contribution in [1.29, 1.82) is 0 Å². The Morgan fingerprint density at radius 1 is 1.11 bits per heavy atom. The van der Waals surface area contributed by atoms with Crippen molar-refractivity contribution in [2.45, 2.75) is 6.42 Å². The zero-order valence-corrected chi connectivity index (χ0v) is 5.38. The molecule has 1 aromatic carbocycles. The van der Waals surface area contributed by atoms with E-state index in [1.807, 2.05) is 18.2 Å². The van der Waals surface area contributed by atoms with Gasteiger partial charge in [0.2, 0.25) is 0 Å². The lowest BCUT2D eigenvalue weighted by molar-refractivity contribution is 0.969. The van der Waals surface area contributed by atoms with E-state index in [4.69, 9.17) is 5.73 Å². The van der Waals surface area contributed by atoms with Crippen LogP contribution in [0.5, 0.6) is 0 Å². The Hall–Kier alpha value is -0.820. The summed E-state index contributed by atoms with van der Waals surface area (Å²) in [6.45, 7) is 0.740. The van der Waals surface area contributed by atoms with Gasteiger partial charge in [-0.25, -0.2) is 0 Å². The van der Waals surface area contributed by atoms with Crippen LogP contribution in [0.4, 0.5) is 0 Å². The fraction of sp³-hybridized carbons (Fsp3) is 0.250. The fourth-order valence-corrected chi connectivity index (χ4v) is 0.811. The van der Waals surface area contributed by atoms with E-state index in [0.717, 1.165) is 13.0 Å². The number of hydrogen-bond donors (Lipinski definition) is 1. The van der Waals surface area contributed by atoms with Gasteiger partial charge in [0.15, 0.2) is 0 Å². The Kier molecular flexibility index (Phi) is 2.28. The van der Waals surface area contributed by atoms with Crippen LogP contribution in [0.25, 0.3) is 0 Å². The van der Waals surface area contributed by atoms with Gasteiger partial charge in [0.1, 0.15) is 0 Å². The van der Waals surface area contributed by atoms with Gasteiger partial charge in [0.25, 0.3) is 0 Å². The summed E-state index contributed by atoms with van der Waals surface area (Å²) in [5.74, 6) is 0. The van der Waals surface area contributed by atoms with Gasteiger partial charge in [-0.2, -0.15) is 0 Å². The number of nitrogens with two attached hydrogens (primary N) is 1. The third-order valence-electron chi connectivity index (χ3n) is 1.28. The second-order valence-corrected chi connectivity index (χ2v) is 2.02. The minimum Gasteiger partial charge on any atom is -0.330 e. The van der Waals surface area contributed by atoms with Crippen LogP contribution >= 0.6 is 0 Å². The molecule has 0 aromatic heterocycles. The molecule has 0 aliphatic heterocycles. The second-order valence-electron chi connectivity index (χ2n) is 2.02. The zero-order valence-electron chi connectivity index (χ0n) is 5.38. The van der Waals surface area contributed by atoms with Gasteiger partial charge in [-0.15, -0.1) is 0 Å². The lowest BCUT2D eigenvalue weighted by Crippen LogP contribution is -2.01. The van der Waals surface area contributed by atoms with Gasteiger partial charge < -0.3 is 5.73 Å². The normalized spacial score (nSPS) is 9.44. The molecular formula is C8H11N. The van der Waals surface area contributed by atoms with Crippen molar-refractivity contribution in [1.82, 2.24) is 0 Å². The van der Waals surface area contributed by atoms with Crippen molar-refractivity contribution >= 4 is 0 Å². The molecule has 0 heterocycles. The van der Waals surface area contributed by atoms with Crippen molar-refractivity contribution in [3.05, 3.63) is 35.9 Å². The van der Waals surface area contributed by atoms with Crippen LogP contribution in [0, 0.1) is 0 Å². The van der Waals surface area contributed by atoms with Crippen LogP contribution in [-0.4, -0.2) is 6.54 Å². The Balaban J connectivity index is 2.61. The highest BCUT2D eigenvalue weighted by molar-refractivity contribution is 5.14. The molecule has 0 spiro atoms. The van der Waals surface area contributed by atoms with Crippen molar-refractivity contribution < 1.29 is 0 Å². The molecule has 1 aromatic rings. The summed E-state index contributed by atoms with van der Waals surface area (Å²) in [7, 11) is 0. The molecule has 0 bridgehead atoms. The smallest absolute Gasteiger partial charge is 0.00367 e. The molecule has 0 unspecified atom stereocenters. The minimum absolute atomic E-state index is 0.740. The lowest BCUT2D eigenvalue weighted by Gasteiger charge is -1.93. The van der Waals surface area contributed by atoms with E-state index in [-0.39, 0.29) is 0 Å². The summed E-state index contributed by atoms with van der Waals surface area (Å²) in [4.78, 5) is 0. The summed E-state index contributed by atoms with van der Waals surface area (Å²) in [5.41, 5.74) is 6.68. The van der Waals surface area contributed by atoms with Crippen LogP contribution in [0.2, 0.25) is 0 Å². The molecule has 1 heteroatoms. The maximum absolute atomic E-state index is 5.36. The standard InChI is InChI=1S/C8H11N/c9-7-6-8-4-2-1-3-5-8/h1-5H,6-7,9H2/i4+1,8+1. The first kappa shape index (κ1) is 6.30. The summed E-state index contributed by atoms with van der Waals surface area (Å²) in [6, 6.07) is 10.3. The molecule has 0 saturated carbocycles. The monoisotopic (exact) mass is 123 g/mol. The van der Waals surface area contributed by atoms with E-state index in [0.29, 0.717) is 0 Å². The predicted octanol–water partition coefficient (Wildman–Crippen LogP) is 1.19. The van der Waals surface area contributed by atoms with Crippen LogP contribution in [0.15, 0.2) is 30.3 Å². The Bertz CT molecular complexity index is 157. The number of benzene rings is 1. The van der Waals surface area contributed by atoms with Crippen LogP contribution in [0.1, 0.15) is 5.56 Å². The molecule has 1 rings (SSSR count). The first-order valence-electron chi connectivity index (χ1n) is 3.17. The quantitative estimate of drug-likeness (QED) is 0.628. The molecule has 9 heavy (non-hydrogen) atoms. The average Bonchev–Trinajstić information content (AvgIpc) is 1.91. The van der Waals surface area contributed by atoms with E-state index in [9.17, 15) is 0 Å². The Morgan fingerprint density at radius 3 is 2.33 bits per heavy atom. The van der Waals surface area contributed by atoms with Gasteiger partial charge >= 0.3 is 0 Å². The largest absolute Gasteiger partial charge is 0.330 e. The highest BCUT2D eigenvalue weighted by Gasteiger charge is 1.84. The molecular weight excluding hydrogens is 112 g/mol. The van der Waals surface area contributed by atoms with Gasteiger partial charge in [-0.3, -0.25) is 0 Å². The van der Waals surface area contributed by atoms with E-state index >= 15 is 0 Å². The maximum atomic E-state index is 5.36. The van der Waals surface area contributed by atoms with Gasteiger partial charge in [0, 0.05) is 0 Å². The second kappa shape index (κ2) is 3.25. The molecule has 0 aliphatic rings. The highest BCUT2D eigenvalue weighted by atomic mass is 14.6. The first-order chi connectivity index (χ1) is 4.43. The zero-order chi connectivity index (χ0) is 6.53. The Morgan fingerprint density at radius 2 is 1.78 bits per heavy atom. The van der Waals surface area contributed by atoms with Gasteiger partial charge in [-0.05, 0) is 18.5 Å². The van der Waals surface area contributed by atoms with Crippen molar-refractivity contribution in [2.75, 3.05) is 6.54 Å². The molecule has 0 radical (unpaired) electrons. The SMILES string of the molecule is NCC[13c]1cccc[13cH]1. The van der Waals surface area contributed by atoms with Crippen molar-refractivity contribution in [2.24, 2.45) is 5.73 Å². The summed E-state index contributed by atoms with van der Waals surface area (Å²) < 4.78 is 0. The third-order valence-corrected chi connectivity index (χ3v) is 1.28. The van der Waals surface area contributed by atoms with E-state index in [2.05, 4.69) is 12.1 Å². The fourth-order valence-electron chi connectivity index (χ4n) is 0.811. The van der Waals surface area contributed by atoms with Crippen molar-refractivity contribution in [3.8, 4) is 0 Å². The summed E-state index contributed by atoms with van der Waals surface area (Å²) in [6.07, 6.45) is 0.987. The summed E-state index contributed by atoms with van der Waals surface area (Å²) in [5, 5.41) is 0. The molecule has 0 fully saturated rings. The van der Waals surface area contributed by atoms with E-state index in [1.165, 1.54) is 5.56 Å². The lowest BCUT2D eigenvalue weighted by atomic mass is 10.4. The van der Waals surface area contributed by atoms with Crippen molar-refractivity contribution in [3.63, 3.8) is 0 Å². The predicted molar refractivity (Wildman–Crippen MR) is 39.2 cm³/mol. The molecule has 0 saturated heterocycles. The summed E-state index contributed by atoms with van der Waals surface area (Å²) >= 11 is 0. The number of hydrogen-bond acceptors (Lipinski definition) is 1. The molecule has 0 atom stereocenters. The van der Waals surface area contributed by atoms with E-state index < -0.39 is 0 Å². The topological polar surface area (TPSA) is 26.0 Å². The van der Waals surface area contributed by atoms with Gasteiger partial charge in [0.05, 0.1) is 0 Å². The van der Waals surface area contributed by atoms with Crippen LogP contribution < -0.4 is 5.73 Å². The van der Waals surface area contributed by atoms with Crippen LogP contribution in [0.3, 0.4) is 0 Å². The molecule has 2 N–H and O–H groups in total. The third kappa shape index (κ3) is 1.86. The first-order valence-corrected chi connectivity index (χ1v) is 3.17. The van der Waals surface area contributed by atoms with E-state index in [1.54, 1.807) is 0 Å².